The third-order valence-corrected chi connectivity index (χ3v) is 8.70. The number of carbonyl (C=O) groups is 2. The molecule has 12 nitrogen and oxygen atoms in total. The zero-order chi connectivity index (χ0) is 36.6. The van der Waals surface area contributed by atoms with Crippen molar-refractivity contribution in [3.05, 3.63) is 79.2 Å². The Bertz CT molecular complexity index is 1660. The molecular formula is C40H57N7O5. The van der Waals surface area contributed by atoms with Crippen LogP contribution in [0.15, 0.2) is 67.5 Å². The van der Waals surface area contributed by atoms with Crippen molar-refractivity contribution in [3.8, 4) is 39.4 Å². The summed E-state index contributed by atoms with van der Waals surface area (Å²) in [5, 5.41) is 5.79. The van der Waals surface area contributed by atoms with Gasteiger partial charge in [-0.15, -0.1) is 6.58 Å². The number of rotatable bonds is 13. The third kappa shape index (κ3) is 11.1. The Morgan fingerprint density at radius 2 is 1.71 bits per heavy atom. The molecule has 12 heteroatoms. The first-order valence-electron chi connectivity index (χ1n) is 17.8. The highest BCUT2D eigenvalue weighted by molar-refractivity contribution is 5.76. The summed E-state index contributed by atoms with van der Waals surface area (Å²) in [4.78, 5) is 39.8. The lowest BCUT2D eigenvalue weighted by Crippen LogP contribution is -2.39. The fourth-order valence-electron chi connectivity index (χ4n) is 6.12. The van der Waals surface area contributed by atoms with E-state index in [0.29, 0.717) is 31.6 Å². The molecule has 2 saturated heterocycles. The van der Waals surface area contributed by atoms with Crippen LogP contribution in [0, 0.1) is 0 Å². The van der Waals surface area contributed by atoms with Crippen molar-refractivity contribution in [1.82, 2.24) is 35.5 Å². The van der Waals surface area contributed by atoms with Crippen LogP contribution in [0.5, 0.6) is 5.75 Å². The number of aromatic nitrogens is 4. The lowest BCUT2D eigenvalue weighted by Gasteiger charge is -2.16. The number of hydrogen-bond acceptors (Lipinski definition) is 9. The van der Waals surface area contributed by atoms with Crippen LogP contribution in [0.1, 0.15) is 77.6 Å². The van der Waals surface area contributed by atoms with Gasteiger partial charge in [0.05, 0.1) is 62.8 Å². The van der Waals surface area contributed by atoms with Gasteiger partial charge in [-0.25, -0.2) is 14.8 Å². The maximum absolute atomic E-state index is 10.6. The predicted octanol–water partition coefficient (Wildman–Crippen LogP) is 7.50. The van der Waals surface area contributed by atoms with Crippen LogP contribution in [-0.2, 0) is 14.3 Å². The Morgan fingerprint density at radius 3 is 2.35 bits per heavy atom. The number of aromatic amines is 2. The van der Waals surface area contributed by atoms with Crippen molar-refractivity contribution in [1.29, 1.82) is 0 Å². The van der Waals surface area contributed by atoms with E-state index < -0.39 is 12.1 Å². The third-order valence-electron chi connectivity index (χ3n) is 8.70. The molecule has 0 aliphatic carbocycles. The monoisotopic (exact) mass is 715 g/mol. The molecule has 0 radical (unpaired) electrons. The van der Waals surface area contributed by atoms with Gasteiger partial charge in [0, 0.05) is 5.56 Å². The van der Waals surface area contributed by atoms with E-state index in [1.54, 1.807) is 6.08 Å². The number of alkyl carbamates (subject to hydrolysis) is 1. The number of nitrogens with zero attached hydrogens (tertiary/aromatic N) is 3. The first kappa shape index (κ1) is 41.6. The largest absolute Gasteiger partial charge is 0.493 e. The average Bonchev–Trinajstić information content (AvgIpc) is 4.01. The lowest BCUT2D eigenvalue weighted by atomic mass is 10.00. The minimum absolute atomic E-state index is 0. The highest BCUT2D eigenvalue weighted by Gasteiger charge is 2.25. The highest BCUT2D eigenvalue weighted by atomic mass is 16.5. The van der Waals surface area contributed by atoms with E-state index in [4.69, 9.17) is 14.5 Å². The topological polar surface area (TPSA) is 146 Å². The van der Waals surface area contributed by atoms with Crippen LogP contribution in [-0.4, -0.2) is 90.3 Å². The molecule has 2 aliphatic heterocycles. The molecule has 52 heavy (non-hydrogen) atoms. The Hall–Kier alpha value is -4.78. The van der Waals surface area contributed by atoms with Gasteiger partial charge in [-0.05, 0) is 81.6 Å². The van der Waals surface area contributed by atoms with Crippen LogP contribution in [0.25, 0.3) is 33.6 Å². The van der Waals surface area contributed by atoms with Crippen LogP contribution in [0.2, 0.25) is 0 Å². The van der Waals surface area contributed by atoms with Crippen molar-refractivity contribution >= 4 is 12.4 Å². The lowest BCUT2D eigenvalue weighted by molar-refractivity contribution is -0.110. The molecule has 3 atom stereocenters. The molecule has 1 amide bonds. The summed E-state index contributed by atoms with van der Waals surface area (Å²) in [6.45, 7) is 12.7. The molecule has 0 bridgehead atoms. The van der Waals surface area contributed by atoms with Crippen LogP contribution in [0.3, 0.4) is 0 Å². The van der Waals surface area contributed by atoms with Gasteiger partial charge < -0.3 is 39.6 Å². The minimum atomic E-state index is -0.674. The van der Waals surface area contributed by atoms with E-state index in [0.717, 1.165) is 77.0 Å². The van der Waals surface area contributed by atoms with E-state index in [2.05, 4.69) is 91.3 Å². The Labute approximate surface area is 308 Å². The molecule has 0 spiro atoms. The molecule has 2 fully saturated rings. The standard InChI is InChI=1S/C29H34N6O.C8H13NO4.C2H6.CH4/c1-3-36-27-16-21(12-13-22(27)25-18-32-29(34-25)26-7-5-15-35(26)2)19-8-10-20(11-9-19)24-17-31-28(33-24)23-6-4-14-30-23;1-3-4-13-6-7(5-10)9-8(11)12-2;1-2;/h8-13,16-18,23,26,30H,3-7,14-15H2,1-2H3,(H,31,33)(H,32,34);3,5,7H,1,4,6H2,2H3,(H,9,11);1-2H3;1H4. The molecule has 282 valence electrons. The number of aldehydes is 1. The van der Waals surface area contributed by atoms with E-state index in [-0.39, 0.29) is 14.0 Å². The molecular weight excluding hydrogens is 658 g/mol. The Kier molecular flexibility index (Phi) is 17.3. The number of ether oxygens (including phenoxy) is 3. The fourth-order valence-corrected chi connectivity index (χ4v) is 6.12. The number of imidazole rings is 2. The normalized spacial score (nSPS) is 17.0. The number of amides is 1. The van der Waals surface area contributed by atoms with Crippen LogP contribution in [0.4, 0.5) is 4.79 Å². The van der Waals surface area contributed by atoms with E-state index >= 15 is 0 Å². The van der Waals surface area contributed by atoms with Crippen molar-refractivity contribution in [2.75, 3.05) is 47.1 Å². The van der Waals surface area contributed by atoms with Crippen molar-refractivity contribution in [2.45, 2.75) is 72.0 Å². The van der Waals surface area contributed by atoms with Gasteiger partial charge in [-0.3, -0.25) is 4.90 Å². The first-order valence-corrected chi connectivity index (χ1v) is 17.8. The summed E-state index contributed by atoms with van der Waals surface area (Å²) < 4.78 is 15.3. The van der Waals surface area contributed by atoms with Crippen LogP contribution < -0.4 is 15.4 Å². The summed E-state index contributed by atoms with van der Waals surface area (Å²) >= 11 is 0. The number of H-pyrrole nitrogens is 2. The summed E-state index contributed by atoms with van der Waals surface area (Å²) in [7, 11) is 3.39. The van der Waals surface area contributed by atoms with Crippen LogP contribution >= 0.6 is 0 Å². The quantitative estimate of drug-likeness (QED) is 0.0628. The van der Waals surface area contributed by atoms with Gasteiger partial charge in [0.1, 0.15) is 29.7 Å². The number of benzene rings is 2. The number of hydrogen-bond donors (Lipinski definition) is 4. The highest BCUT2D eigenvalue weighted by Crippen LogP contribution is 2.36. The van der Waals surface area contributed by atoms with Crippen molar-refractivity contribution < 1.29 is 23.8 Å². The molecule has 3 unspecified atom stereocenters. The summed E-state index contributed by atoms with van der Waals surface area (Å²) in [5.74, 6) is 2.94. The molecule has 4 aromatic rings. The van der Waals surface area contributed by atoms with Crippen molar-refractivity contribution in [2.24, 2.45) is 0 Å². The summed E-state index contributed by atoms with van der Waals surface area (Å²) in [5.41, 5.74) is 6.52. The molecule has 4 heterocycles. The maximum Gasteiger partial charge on any atom is 0.407 e. The Balaban J connectivity index is 0.000000390. The molecule has 2 aromatic carbocycles. The van der Waals surface area contributed by atoms with Gasteiger partial charge in [0.2, 0.25) is 0 Å². The van der Waals surface area contributed by atoms with Gasteiger partial charge >= 0.3 is 6.09 Å². The average molecular weight is 716 g/mol. The maximum atomic E-state index is 10.6. The van der Waals surface area contributed by atoms with E-state index in [9.17, 15) is 9.59 Å². The summed E-state index contributed by atoms with van der Waals surface area (Å²) in [6, 6.07) is 15.1. The molecule has 4 N–H and O–H groups in total. The number of methoxy groups -OCH3 is 1. The van der Waals surface area contributed by atoms with Gasteiger partial charge in [-0.2, -0.15) is 0 Å². The van der Waals surface area contributed by atoms with Crippen molar-refractivity contribution in [3.63, 3.8) is 0 Å². The first-order chi connectivity index (χ1) is 24.9. The molecule has 2 aromatic heterocycles. The predicted molar refractivity (Wildman–Crippen MR) is 207 cm³/mol. The number of carbonyl (C=O) groups excluding carboxylic acids is 2. The second-order valence-corrected chi connectivity index (χ2v) is 12.1. The zero-order valence-corrected chi connectivity index (χ0v) is 30.5. The number of likely N-dealkylation sites (tertiary alicyclic amines) is 1. The zero-order valence-electron chi connectivity index (χ0n) is 30.5. The molecule has 6 rings (SSSR count). The SMILES string of the molecule is C.C=CCOCC(C=O)NC(=O)OC.CC.CCOc1cc(-c2ccc(-c3cnc(C4CCCN4)[nH]3)cc2)ccc1-c1cnc(C2CCCN2C)[nH]1. The van der Waals surface area contributed by atoms with Gasteiger partial charge in [-0.1, -0.05) is 57.7 Å². The Morgan fingerprint density at radius 1 is 1.02 bits per heavy atom. The minimum Gasteiger partial charge on any atom is -0.493 e. The summed E-state index contributed by atoms with van der Waals surface area (Å²) in [6.07, 6.45) is 10.1. The smallest absolute Gasteiger partial charge is 0.407 e. The number of nitrogens with one attached hydrogen (secondary N) is 4. The van der Waals surface area contributed by atoms with Gasteiger partial charge in [0.25, 0.3) is 0 Å². The van der Waals surface area contributed by atoms with E-state index in [1.165, 1.54) is 20.0 Å². The van der Waals surface area contributed by atoms with E-state index in [1.807, 2.05) is 33.2 Å². The fraction of sp³-hybridized carbons (Fsp3) is 0.450. The molecule has 2 aliphatic rings. The second-order valence-electron chi connectivity index (χ2n) is 12.1. The molecule has 0 saturated carbocycles. The van der Waals surface area contributed by atoms with Gasteiger partial charge in [0.15, 0.2) is 0 Å². The second kappa shape index (κ2) is 21.6.